The molecule has 0 aromatic carbocycles. The largest absolute Gasteiger partial charge is 0.312 e. The van der Waals surface area contributed by atoms with Gasteiger partial charge in [-0.25, -0.2) is 0 Å². The zero-order chi connectivity index (χ0) is 14.2. The summed E-state index contributed by atoms with van der Waals surface area (Å²) < 4.78 is 29.3. The van der Waals surface area contributed by atoms with Gasteiger partial charge in [-0.1, -0.05) is 6.42 Å². The number of nitrogens with zero attached hydrogens (tertiary/aromatic N) is 2. The van der Waals surface area contributed by atoms with E-state index in [0.29, 0.717) is 19.1 Å². The Morgan fingerprint density at radius 3 is 2.40 bits per heavy atom. The first-order valence-electron chi connectivity index (χ1n) is 8.11. The SMILES string of the molecule is CC1CCCN1S(=O)(=O)N1CCCCC1CNC1CC1. The van der Waals surface area contributed by atoms with Crippen molar-refractivity contribution < 1.29 is 8.42 Å². The lowest BCUT2D eigenvalue weighted by Crippen LogP contribution is -2.54. The molecule has 3 rings (SSSR count). The van der Waals surface area contributed by atoms with E-state index in [1.807, 2.05) is 6.92 Å². The lowest BCUT2D eigenvalue weighted by molar-refractivity contribution is 0.224. The molecule has 1 N–H and O–H groups in total. The molecule has 6 heteroatoms. The van der Waals surface area contributed by atoms with Crippen LogP contribution in [0.25, 0.3) is 0 Å². The topological polar surface area (TPSA) is 52.7 Å². The van der Waals surface area contributed by atoms with Gasteiger partial charge in [0, 0.05) is 37.8 Å². The third-order valence-corrected chi connectivity index (χ3v) is 7.09. The molecule has 20 heavy (non-hydrogen) atoms. The number of hydrogen-bond donors (Lipinski definition) is 1. The summed E-state index contributed by atoms with van der Waals surface area (Å²) in [5.41, 5.74) is 0. The number of nitrogens with one attached hydrogen (secondary N) is 1. The van der Waals surface area contributed by atoms with Crippen LogP contribution in [0.3, 0.4) is 0 Å². The first-order valence-corrected chi connectivity index (χ1v) is 9.51. The van der Waals surface area contributed by atoms with Gasteiger partial charge >= 0.3 is 0 Å². The van der Waals surface area contributed by atoms with Gasteiger partial charge in [-0.2, -0.15) is 17.0 Å². The fourth-order valence-corrected chi connectivity index (χ4v) is 5.56. The Hall–Kier alpha value is -0.170. The molecule has 2 heterocycles. The molecule has 3 fully saturated rings. The van der Waals surface area contributed by atoms with Crippen molar-refractivity contribution in [3.63, 3.8) is 0 Å². The average Bonchev–Trinajstić information content (AvgIpc) is 3.16. The van der Waals surface area contributed by atoms with Crippen molar-refractivity contribution in [2.45, 2.75) is 70.0 Å². The zero-order valence-corrected chi connectivity index (χ0v) is 13.2. The van der Waals surface area contributed by atoms with E-state index in [1.54, 1.807) is 8.61 Å². The van der Waals surface area contributed by atoms with Crippen molar-refractivity contribution in [2.75, 3.05) is 19.6 Å². The monoisotopic (exact) mass is 301 g/mol. The molecule has 2 aliphatic heterocycles. The third kappa shape index (κ3) is 3.03. The molecule has 1 saturated carbocycles. The zero-order valence-electron chi connectivity index (χ0n) is 12.4. The van der Waals surface area contributed by atoms with Crippen molar-refractivity contribution in [1.29, 1.82) is 0 Å². The maximum absolute atomic E-state index is 12.9. The van der Waals surface area contributed by atoms with Gasteiger partial charge < -0.3 is 5.32 Å². The lowest BCUT2D eigenvalue weighted by Gasteiger charge is -2.38. The Morgan fingerprint density at radius 2 is 1.75 bits per heavy atom. The van der Waals surface area contributed by atoms with E-state index < -0.39 is 10.2 Å². The van der Waals surface area contributed by atoms with Crippen LogP contribution in [0.2, 0.25) is 0 Å². The summed E-state index contributed by atoms with van der Waals surface area (Å²) in [6.45, 7) is 4.25. The van der Waals surface area contributed by atoms with Crippen molar-refractivity contribution in [3.8, 4) is 0 Å². The molecular weight excluding hydrogens is 274 g/mol. The molecule has 0 aromatic heterocycles. The van der Waals surface area contributed by atoms with Crippen LogP contribution >= 0.6 is 0 Å². The van der Waals surface area contributed by atoms with Crippen LogP contribution in [0, 0.1) is 0 Å². The summed E-state index contributed by atoms with van der Waals surface area (Å²) in [5, 5.41) is 3.51. The molecule has 5 nitrogen and oxygen atoms in total. The van der Waals surface area contributed by atoms with Crippen LogP contribution in [0.1, 0.15) is 51.9 Å². The van der Waals surface area contributed by atoms with Gasteiger partial charge in [0.2, 0.25) is 0 Å². The molecule has 0 bridgehead atoms. The average molecular weight is 301 g/mol. The molecule has 2 atom stereocenters. The van der Waals surface area contributed by atoms with Gasteiger partial charge in [0.05, 0.1) is 0 Å². The lowest BCUT2D eigenvalue weighted by atomic mass is 10.1. The van der Waals surface area contributed by atoms with Gasteiger partial charge in [0.1, 0.15) is 0 Å². The van der Waals surface area contributed by atoms with E-state index in [0.717, 1.165) is 38.6 Å². The maximum atomic E-state index is 12.9. The van der Waals surface area contributed by atoms with Crippen molar-refractivity contribution in [1.82, 2.24) is 13.9 Å². The first kappa shape index (κ1) is 14.8. The Morgan fingerprint density at radius 1 is 1.00 bits per heavy atom. The Bertz CT molecular complexity index is 436. The van der Waals surface area contributed by atoms with E-state index in [4.69, 9.17) is 0 Å². The van der Waals surface area contributed by atoms with E-state index >= 15 is 0 Å². The predicted octanol–water partition coefficient (Wildman–Crippen LogP) is 1.32. The highest BCUT2D eigenvalue weighted by molar-refractivity contribution is 7.86. The normalized spacial score (nSPS) is 33.6. The van der Waals surface area contributed by atoms with E-state index in [-0.39, 0.29) is 12.1 Å². The van der Waals surface area contributed by atoms with E-state index in [9.17, 15) is 8.42 Å². The van der Waals surface area contributed by atoms with Crippen LogP contribution in [0.15, 0.2) is 0 Å². The molecular formula is C14H27N3O2S. The molecule has 116 valence electrons. The summed E-state index contributed by atoms with van der Waals surface area (Å²) in [4.78, 5) is 0. The highest BCUT2D eigenvalue weighted by atomic mass is 32.2. The van der Waals surface area contributed by atoms with Crippen LogP contribution in [-0.2, 0) is 10.2 Å². The summed E-state index contributed by atoms with van der Waals surface area (Å²) in [5.74, 6) is 0. The summed E-state index contributed by atoms with van der Waals surface area (Å²) in [6.07, 6.45) is 7.66. The van der Waals surface area contributed by atoms with Crippen LogP contribution < -0.4 is 5.32 Å². The maximum Gasteiger partial charge on any atom is 0.282 e. The van der Waals surface area contributed by atoms with Crippen molar-refractivity contribution in [3.05, 3.63) is 0 Å². The molecule has 1 aliphatic carbocycles. The predicted molar refractivity (Wildman–Crippen MR) is 79.7 cm³/mol. The summed E-state index contributed by atoms with van der Waals surface area (Å²) >= 11 is 0. The summed E-state index contributed by atoms with van der Waals surface area (Å²) in [6, 6.07) is 0.966. The Labute approximate surface area is 122 Å². The Kier molecular flexibility index (Phi) is 4.36. The molecule has 2 unspecified atom stereocenters. The fraction of sp³-hybridized carbons (Fsp3) is 1.00. The van der Waals surface area contributed by atoms with Gasteiger partial charge in [-0.15, -0.1) is 0 Å². The minimum absolute atomic E-state index is 0.155. The molecule has 3 aliphatic rings. The molecule has 0 spiro atoms. The number of rotatable bonds is 5. The van der Waals surface area contributed by atoms with Crippen molar-refractivity contribution >= 4 is 10.2 Å². The number of piperidine rings is 1. The van der Waals surface area contributed by atoms with Crippen LogP contribution in [-0.4, -0.2) is 54.8 Å². The van der Waals surface area contributed by atoms with Gasteiger partial charge in [-0.05, 0) is 45.4 Å². The third-order valence-electron chi connectivity index (χ3n) is 4.88. The summed E-state index contributed by atoms with van der Waals surface area (Å²) in [7, 11) is -3.26. The van der Waals surface area contributed by atoms with Gasteiger partial charge in [0.25, 0.3) is 10.2 Å². The molecule has 0 amide bonds. The van der Waals surface area contributed by atoms with E-state index in [2.05, 4.69) is 5.32 Å². The standard InChI is InChI=1S/C14H27N3O2S/c1-12-5-4-10-16(12)20(18,19)17-9-3-2-6-14(17)11-15-13-7-8-13/h12-15H,2-11H2,1H3. The highest BCUT2D eigenvalue weighted by Gasteiger charge is 2.40. The second kappa shape index (κ2) is 5.91. The van der Waals surface area contributed by atoms with E-state index in [1.165, 1.54) is 12.8 Å². The van der Waals surface area contributed by atoms with Gasteiger partial charge in [0.15, 0.2) is 0 Å². The minimum Gasteiger partial charge on any atom is -0.312 e. The molecule has 0 radical (unpaired) electrons. The second-order valence-corrected chi connectivity index (χ2v) is 8.39. The number of hydrogen-bond acceptors (Lipinski definition) is 3. The van der Waals surface area contributed by atoms with Crippen LogP contribution in [0.5, 0.6) is 0 Å². The molecule has 0 aromatic rings. The Balaban J connectivity index is 1.70. The fourth-order valence-electron chi connectivity index (χ4n) is 3.46. The first-order chi connectivity index (χ1) is 9.59. The quantitative estimate of drug-likeness (QED) is 0.833. The minimum atomic E-state index is -3.26. The smallest absolute Gasteiger partial charge is 0.282 e. The molecule has 2 saturated heterocycles. The van der Waals surface area contributed by atoms with Crippen LogP contribution in [0.4, 0.5) is 0 Å². The second-order valence-electron chi connectivity index (χ2n) is 6.55. The van der Waals surface area contributed by atoms with Gasteiger partial charge in [-0.3, -0.25) is 0 Å². The highest BCUT2D eigenvalue weighted by Crippen LogP contribution is 2.28. The van der Waals surface area contributed by atoms with Crippen molar-refractivity contribution in [2.24, 2.45) is 0 Å².